The molecule has 0 spiro atoms. The monoisotopic (exact) mass is 297 g/mol. The van der Waals surface area contributed by atoms with Gasteiger partial charge in [0.25, 0.3) is 0 Å². The van der Waals surface area contributed by atoms with E-state index in [9.17, 15) is 0 Å². The highest BCUT2D eigenvalue weighted by Gasteiger charge is 2.43. The summed E-state index contributed by atoms with van der Waals surface area (Å²) in [6, 6.07) is 6.25. The first kappa shape index (κ1) is 15.6. The molecule has 2 rings (SSSR count). The van der Waals surface area contributed by atoms with Gasteiger partial charge < -0.3 is 14.8 Å². The zero-order chi connectivity index (χ0) is 14.5. The van der Waals surface area contributed by atoms with Crippen LogP contribution in [0.25, 0.3) is 0 Å². The van der Waals surface area contributed by atoms with E-state index in [4.69, 9.17) is 21.1 Å². The van der Waals surface area contributed by atoms with Gasteiger partial charge in [0, 0.05) is 19.1 Å². The van der Waals surface area contributed by atoms with Crippen LogP contribution in [-0.2, 0) is 4.74 Å². The molecule has 1 aromatic carbocycles. The van der Waals surface area contributed by atoms with Crippen molar-refractivity contribution in [1.29, 1.82) is 0 Å². The van der Waals surface area contributed by atoms with Crippen LogP contribution < -0.4 is 10.1 Å². The highest BCUT2D eigenvalue weighted by Crippen LogP contribution is 2.33. The van der Waals surface area contributed by atoms with Crippen molar-refractivity contribution in [2.45, 2.75) is 51.9 Å². The van der Waals surface area contributed by atoms with E-state index in [1.165, 1.54) is 0 Å². The Kier molecular flexibility index (Phi) is 5.70. The van der Waals surface area contributed by atoms with E-state index < -0.39 is 0 Å². The summed E-state index contributed by atoms with van der Waals surface area (Å²) >= 11 is 6.19. The van der Waals surface area contributed by atoms with Gasteiger partial charge in [-0.2, -0.15) is 0 Å². The van der Waals surface area contributed by atoms with Gasteiger partial charge in [0.2, 0.25) is 0 Å². The number of aryl methyl sites for hydroxylation is 1. The van der Waals surface area contributed by atoms with Crippen LogP contribution in [0, 0.1) is 6.92 Å². The molecule has 3 nitrogen and oxygen atoms in total. The second-order valence-electron chi connectivity index (χ2n) is 5.33. The topological polar surface area (TPSA) is 30.5 Å². The van der Waals surface area contributed by atoms with E-state index >= 15 is 0 Å². The molecular formula is C16H24ClNO2. The summed E-state index contributed by atoms with van der Waals surface area (Å²) in [6.45, 7) is 8.00. The van der Waals surface area contributed by atoms with Crippen LogP contribution in [-0.4, -0.2) is 31.4 Å². The molecule has 112 valence electrons. The summed E-state index contributed by atoms with van der Waals surface area (Å²) < 4.78 is 12.0. The molecule has 1 fully saturated rings. The van der Waals surface area contributed by atoms with Gasteiger partial charge in [0.05, 0.1) is 5.02 Å². The lowest BCUT2D eigenvalue weighted by Gasteiger charge is -2.44. The maximum Gasteiger partial charge on any atom is 0.138 e. The lowest BCUT2D eigenvalue weighted by Crippen LogP contribution is -2.61. The third-order valence-corrected chi connectivity index (χ3v) is 3.91. The van der Waals surface area contributed by atoms with Gasteiger partial charge >= 0.3 is 0 Å². The molecule has 0 saturated heterocycles. The average Bonchev–Trinajstić information content (AvgIpc) is 2.41. The van der Waals surface area contributed by atoms with E-state index in [0.29, 0.717) is 11.1 Å². The summed E-state index contributed by atoms with van der Waals surface area (Å²) in [5.74, 6) is 0.761. The predicted molar refractivity (Wildman–Crippen MR) is 82.7 cm³/mol. The molecule has 0 amide bonds. The van der Waals surface area contributed by atoms with Gasteiger partial charge in [-0.05, 0) is 37.6 Å². The molecule has 1 aliphatic rings. The van der Waals surface area contributed by atoms with Crippen LogP contribution >= 0.6 is 11.6 Å². The van der Waals surface area contributed by atoms with E-state index in [1.54, 1.807) is 0 Å². The molecule has 0 bridgehead atoms. The fraction of sp³-hybridized carbons (Fsp3) is 0.625. The molecule has 3 atom stereocenters. The highest BCUT2D eigenvalue weighted by atomic mass is 35.5. The van der Waals surface area contributed by atoms with Crippen molar-refractivity contribution in [2.24, 2.45) is 0 Å². The Bertz CT molecular complexity index is 438. The zero-order valence-electron chi connectivity index (χ0n) is 12.5. The number of hydrogen-bond donors (Lipinski definition) is 1. The van der Waals surface area contributed by atoms with Gasteiger partial charge in [-0.25, -0.2) is 0 Å². The molecule has 20 heavy (non-hydrogen) atoms. The highest BCUT2D eigenvalue weighted by molar-refractivity contribution is 6.32. The molecule has 3 unspecified atom stereocenters. The first-order chi connectivity index (χ1) is 9.65. The van der Waals surface area contributed by atoms with E-state index in [1.807, 2.05) is 25.1 Å². The van der Waals surface area contributed by atoms with Crippen LogP contribution in [0.5, 0.6) is 5.75 Å². The predicted octanol–water partition coefficient (Wildman–Crippen LogP) is 3.57. The number of halogens is 1. The van der Waals surface area contributed by atoms with Gasteiger partial charge in [-0.15, -0.1) is 0 Å². The van der Waals surface area contributed by atoms with Gasteiger partial charge in [-0.3, -0.25) is 0 Å². The minimum atomic E-state index is 0.0879. The maximum absolute atomic E-state index is 6.19. The van der Waals surface area contributed by atoms with Crippen LogP contribution in [0.3, 0.4) is 0 Å². The maximum atomic E-state index is 6.19. The molecule has 4 heteroatoms. The first-order valence-corrected chi connectivity index (χ1v) is 7.81. The van der Waals surface area contributed by atoms with Crippen LogP contribution in [0.4, 0.5) is 0 Å². The molecule has 1 aromatic rings. The quantitative estimate of drug-likeness (QED) is 0.834. The zero-order valence-corrected chi connectivity index (χ0v) is 13.2. The van der Waals surface area contributed by atoms with Crippen molar-refractivity contribution >= 4 is 11.6 Å². The fourth-order valence-corrected chi connectivity index (χ4v) is 2.66. The number of ether oxygens (including phenoxy) is 2. The van der Waals surface area contributed by atoms with E-state index in [2.05, 4.69) is 19.2 Å². The molecule has 0 radical (unpaired) electrons. The Morgan fingerprint density at radius 3 is 2.85 bits per heavy atom. The number of rotatable bonds is 7. The lowest BCUT2D eigenvalue weighted by atomic mass is 9.85. The van der Waals surface area contributed by atoms with Crippen molar-refractivity contribution < 1.29 is 9.47 Å². The minimum absolute atomic E-state index is 0.0879. The third kappa shape index (κ3) is 3.66. The molecule has 1 aliphatic carbocycles. The van der Waals surface area contributed by atoms with Crippen molar-refractivity contribution in [3.8, 4) is 5.75 Å². The van der Waals surface area contributed by atoms with Crippen molar-refractivity contribution in [3.63, 3.8) is 0 Å². The Balaban J connectivity index is 1.99. The molecular weight excluding hydrogens is 274 g/mol. The lowest BCUT2D eigenvalue weighted by molar-refractivity contribution is -0.107. The number of benzene rings is 1. The van der Waals surface area contributed by atoms with Crippen LogP contribution in [0.2, 0.25) is 5.02 Å². The molecule has 0 aliphatic heterocycles. The Labute approximate surface area is 126 Å². The largest absolute Gasteiger partial charge is 0.486 e. The van der Waals surface area contributed by atoms with E-state index in [-0.39, 0.29) is 12.2 Å². The summed E-state index contributed by atoms with van der Waals surface area (Å²) in [4.78, 5) is 0. The second-order valence-corrected chi connectivity index (χ2v) is 5.73. The van der Waals surface area contributed by atoms with Gasteiger partial charge in [0.1, 0.15) is 18.0 Å². The summed E-state index contributed by atoms with van der Waals surface area (Å²) in [6.07, 6.45) is 2.19. The number of likely N-dealkylation sites (N-methyl/N-ethyl adjacent to an activating group) is 1. The van der Waals surface area contributed by atoms with Crippen molar-refractivity contribution in [3.05, 3.63) is 28.8 Å². The summed E-state index contributed by atoms with van der Waals surface area (Å²) in [7, 11) is 0. The SMILES string of the molecule is CCCOC1C(NCC)CC1Oc1cc(C)ccc1Cl. The average molecular weight is 298 g/mol. The first-order valence-electron chi connectivity index (χ1n) is 7.43. The fourth-order valence-electron chi connectivity index (χ4n) is 2.50. The molecule has 1 saturated carbocycles. The minimum Gasteiger partial charge on any atom is -0.486 e. The standard InChI is InChI=1S/C16H24ClNO2/c1-4-8-19-16-13(18-5-2)10-15(16)20-14-9-11(3)6-7-12(14)17/h6-7,9,13,15-16,18H,4-5,8,10H2,1-3H3. The Hall–Kier alpha value is -0.770. The van der Waals surface area contributed by atoms with E-state index in [0.717, 1.165) is 37.3 Å². The smallest absolute Gasteiger partial charge is 0.138 e. The van der Waals surface area contributed by atoms with Gasteiger partial charge in [0.15, 0.2) is 0 Å². The van der Waals surface area contributed by atoms with Crippen LogP contribution in [0.1, 0.15) is 32.3 Å². The van der Waals surface area contributed by atoms with Gasteiger partial charge in [-0.1, -0.05) is 31.5 Å². The molecule has 0 heterocycles. The summed E-state index contributed by atoms with van der Waals surface area (Å²) in [5.41, 5.74) is 1.15. The van der Waals surface area contributed by atoms with Crippen molar-refractivity contribution in [1.82, 2.24) is 5.32 Å². The normalized spacial score (nSPS) is 25.3. The van der Waals surface area contributed by atoms with Crippen molar-refractivity contribution in [2.75, 3.05) is 13.2 Å². The summed E-state index contributed by atoms with van der Waals surface area (Å²) in [5, 5.41) is 4.11. The second kappa shape index (κ2) is 7.30. The number of hydrogen-bond acceptors (Lipinski definition) is 3. The molecule has 0 aromatic heterocycles. The van der Waals surface area contributed by atoms with Crippen LogP contribution in [0.15, 0.2) is 18.2 Å². The third-order valence-electron chi connectivity index (χ3n) is 3.60. The number of nitrogens with one attached hydrogen (secondary N) is 1. The Morgan fingerprint density at radius 1 is 1.35 bits per heavy atom. The Morgan fingerprint density at radius 2 is 2.15 bits per heavy atom. The molecule has 1 N–H and O–H groups in total.